The molecule has 0 aliphatic carbocycles. The van der Waals surface area contributed by atoms with E-state index >= 15 is 0 Å². The summed E-state index contributed by atoms with van der Waals surface area (Å²) in [5.41, 5.74) is 1.80. The van der Waals surface area contributed by atoms with Crippen molar-refractivity contribution in [1.29, 1.82) is 0 Å². The van der Waals surface area contributed by atoms with Crippen molar-refractivity contribution in [3.8, 4) is 0 Å². The average molecular weight is 432 g/mol. The zero-order valence-electron chi connectivity index (χ0n) is 17.3. The van der Waals surface area contributed by atoms with E-state index in [1.165, 1.54) is 4.31 Å². The minimum absolute atomic E-state index is 0.133. The van der Waals surface area contributed by atoms with Gasteiger partial charge in [-0.2, -0.15) is 4.31 Å². The first-order valence-electron chi connectivity index (χ1n) is 10.1. The Morgan fingerprint density at radius 1 is 1.07 bits per heavy atom. The van der Waals surface area contributed by atoms with Gasteiger partial charge >= 0.3 is 0 Å². The zero-order valence-corrected chi connectivity index (χ0v) is 18.1. The van der Waals surface area contributed by atoms with E-state index < -0.39 is 10.0 Å². The Morgan fingerprint density at radius 3 is 2.40 bits per heavy atom. The van der Waals surface area contributed by atoms with Crippen LogP contribution < -0.4 is 5.32 Å². The summed E-state index contributed by atoms with van der Waals surface area (Å²) >= 11 is 0. The van der Waals surface area contributed by atoms with Crippen LogP contribution in [0.3, 0.4) is 0 Å². The summed E-state index contributed by atoms with van der Waals surface area (Å²) in [6.07, 6.45) is 0. The summed E-state index contributed by atoms with van der Waals surface area (Å²) in [5.74, 6) is -0.310. The van der Waals surface area contributed by atoms with Gasteiger partial charge in [0.25, 0.3) is 0 Å². The molecular weight excluding hydrogens is 402 g/mol. The van der Waals surface area contributed by atoms with E-state index in [2.05, 4.69) is 10.2 Å². The van der Waals surface area contributed by atoms with Crippen molar-refractivity contribution in [1.82, 2.24) is 14.5 Å². The molecule has 0 spiro atoms. The van der Waals surface area contributed by atoms with E-state index in [-0.39, 0.29) is 23.9 Å². The maximum atomic E-state index is 13.2. The Kier molecular flexibility index (Phi) is 7.98. The maximum absolute atomic E-state index is 13.2. The zero-order chi connectivity index (χ0) is 21.4. The number of nitrogens with one attached hydrogen (secondary N) is 1. The summed E-state index contributed by atoms with van der Waals surface area (Å²) in [6.45, 7) is 6.10. The monoisotopic (exact) mass is 431 g/mol. The number of amides is 1. The van der Waals surface area contributed by atoms with Crippen molar-refractivity contribution in [3.05, 3.63) is 65.7 Å². The van der Waals surface area contributed by atoms with Gasteiger partial charge in [0.1, 0.15) is 0 Å². The lowest BCUT2D eigenvalue weighted by Crippen LogP contribution is -2.44. The molecule has 0 unspecified atom stereocenters. The third-order valence-corrected chi connectivity index (χ3v) is 6.84. The second-order valence-corrected chi connectivity index (χ2v) is 9.31. The smallest absolute Gasteiger partial charge is 0.243 e. The van der Waals surface area contributed by atoms with Gasteiger partial charge in [0.2, 0.25) is 15.9 Å². The molecule has 2 aromatic rings. The van der Waals surface area contributed by atoms with E-state index in [1.807, 2.05) is 37.3 Å². The van der Waals surface area contributed by atoms with Crippen molar-refractivity contribution >= 4 is 15.9 Å². The SMILES string of the molecule is Cc1ccc(S(=O)(=O)N(CC(=O)NCCN2CCOCC2)Cc2ccccc2)cc1. The highest BCUT2D eigenvalue weighted by molar-refractivity contribution is 7.89. The highest BCUT2D eigenvalue weighted by atomic mass is 32.2. The second kappa shape index (κ2) is 10.7. The molecule has 1 amide bonds. The summed E-state index contributed by atoms with van der Waals surface area (Å²) in [5, 5.41) is 2.85. The van der Waals surface area contributed by atoms with Crippen LogP contribution in [0.4, 0.5) is 0 Å². The van der Waals surface area contributed by atoms with Crippen LogP contribution in [0.15, 0.2) is 59.5 Å². The van der Waals surface area contributed by atoms with Crippen molar-refractivity contribution in [3.63, 3.8) is 0 Å². The predicted molar refractivity (Wildman–Crippen MR) is 115 cm³/mol. The second-order valence-electron chi connectivity index (χ2n) is 7.38. The van der Waals surface area contributed by atoms with Gasteiger partial charge in [0.05, 0.1) is 24.7 Å². The largest absolute Gasteiger partial charge is 0.379 e. The molecule has 8 heteroatoms. The average Bonchev–Trinajstić information content (AvgIpc) is 2.75. The molecule has 3 rings (SSSR count). The van der Waals surface area contributed by atoms with Gasteiger partial charge in [0, 0.05) is 32.7 Å². The molecule has 1 aliphatic rings. The van der Waals surface area contributed by atoms with Crippen LogP contribution in [-0.2, 0) is 26.1 Å². The van der Waals surface area contributed by atoms with Crippen molar-refractivity contribution < 1.29 is 17.9 Å². The Bertz CT molecular complexity index is 911. The molecule has 1 aliphatic heterocycles. The number of carbonyl (C=O) groups is 1. The molecule has 0 radical (unpaired) electrons. The molecule has 1 saturated heterocycles. The standard InChI is InChI=1S/C22H29N3O4S/c1-19-7-9-21(10-8-19)30(27,28)25(17-20-5-3-2-4-6-20)18-22(26)23-11-12-24-13-15-29-16-14-24/h2-10H,11-18H2,1H3,(H,23,26). The lowest BCUT2D eigenvalue weighted by molar-refractivity contribution is -0.121. The number of aryl methyl sites for hydroxylation is 1. The highest BCUT2D eigenvalue weighted by Gasteiger charge is 2.27. The molecular formula is C22H29N3O4S. The molecule has 1 N–H and O–H groups in total. The number of hydrogen-bond donors (Lipinski definition) is 1. The van der Waals surface area contributed by atoms with Crippen molar-refractivity contribution in [2.75, 3.05) is 45.9 Å². The molecule has 30 heavy (non-hydrogen) atoms. The number of nitrogens with zero attached hydrogens (tertiary/aromatic N) is 2. The molecule has 2 aromatic carbocycles. The minimum atomic E-state index is -3.81. The van der Waals surface area contributed by atoms with Crippen LogP contribution in [0.25, 0.3) is 0 Å². The van der Waals surface area contributed by atoms with E-state index in [9.17, 15) is 13.2 Å². The molecule has 0 aromatic heterocycles. The van der Waals surface area contributed by atoms with Gasteiger partial charge in [-0.25, -0.2) is 8.42 Å². The number of benzene rings is 2. The number of sulfonamides is 1. The van der Waals surface area contributed by atoms with E-state index in [0.717, 1.165) is 30.8 Å². The van der Waals surface area contributed by atoms with Crippen LogP contribution in [-0.4, -0.2) is 69.5 Å². The number of ether oxygens (including phenoxy) is 1. The quantitative estimate of drug-likeness (QED) is 0.653. The molecule has 1 heterocycles. The van der Waals surface area contributed by atoms with Gasteiger partial charge in [-0.15, -0.1) is 0 Å². The Balaban J connectivity index is 1.67. The maximum Gasteiger partial charge on any atom is 0.243 e. The minimum Gasteiger partial charge on any atom is -0.379 e. The number of hydrogen-bond acceptors (Lipinski definition) is 5. The Hall–Kier alpha value is -2.26. The van der Waals surface area contributed by atoms with Crippen LogP contribution in [0.5, 0.6) is 0 Å². The van der Waals surface area contributed by atoms with Gasteiger partial charge < -0.3 is 10.1 Å². The van der Waals surface area contributed by atoms with Crippen LogP contribution >= 0.6 is 0 Å². The number of morpholine rings is 1. The Labute approximate surface area is 178 Å². The third-order valence-electron chi connectivity index (χ3n) is 5.03. The molecule has 0 bridgehead atoms. The molecule has 0 saturated carbocycles. The van der Waals surface area contributed by atoms with E-state index in [1.54, 1.807) is 24.3 Å². The summed E-state index contributed by atoms with van der Waals surface area (Å²) in [6, 6.07) is 16.0. The van der Waals surface area contributed by atoms with Crippen LogP contribution in [0, 0.1) is 6.92 Å². The topological polar surface area (TPSA) is 79.0 Å². The van der Waals surface area contributed by atoms with Gasteiger partial charge in [-0.05, 0) is 24.6 Å². The fraction of sp³-hybridized carbons (Fsp3) is 0.409. The molecule has 7 nitrogen and oxygen atoms in total. The first kappa shape index (κ1) is 22.4. The molecule has 1 fully saturated rings. The fourth-order valence-electron chi connectivity index (χ4n) is 3.27. The van der Waals surface area contributed by atoms with Crippen LogP contribution in [0.1, 0.15) is 11.1 Å². The van der Waals surface area contributed by atoms with Gasteiger partial charge in [-0.3, -0.25) is 9.69 Å². The fourth-order valence-corrected chi connectivity index (χ4v) is 4.65. The van der Waals surface area contributed by atoms with Crippen molar-refractivity contribution in [2.24, 2.45) is 0 Å². The van der Waals surface area contributed by atoms with Crippen LogP contribution in [0.2, 0.25) is 0 Å². The lowest BCUT2D eigenvalue weighted by Gasteiger charge is -2.27. The summed E-state index contributed by atoms with van der Waals surface area (Å²) in [7, 11) is -3.81. The van der Waals surface area contributed by atoms with Gasteiger partial charge in [0.15, 0.2) is 0 Å². The number of rotatable bonds is 9. The van der Waals surface area contributed by atoms with E-state index in [0.29, 0.717) is 19.8 Å². The van der Waals surface area contributed by atoms with Crippen molar-refractivity contribution in [2.45, 2.75) is 18.4 Å². The predicted octanol–water partition coefficient (Wildman–Crippen LogP) is 1.63. The third kappa shape index (κ3) is 6.37. The molecule has 162 valence electrons. The Morgan fingerprint density at radius 2 is 1.73 bits per heavy atom. The normalized spacial score (nSPS) is 15.3. The molecule has 0 atom stereocenters. The summed E-state index contributed by atoms with van der Waals surface area (Å²) < 4.78 is 33.0. The lowest BCUT2D eigenvalue weighted by atomic mass is 10.2. The van der Waals surface area contributed by atoms with Gasteiger partial charge in [-0.1, -0.05) is 48.0 Å². The summed E-state index contributed by atoms with van der Waals surface area (Å²) in [4.78, 5) is 15.0. The first-order valence-corrected chi connectivity index (χ1v) is 11.6. The highest BCUT2D eigenvalue weighted by Crippen LogP contribution is 2.19. The number of carbonyl (C=O) groups excluding carboxylic acids is 1. The first-order chi connectivity index (χ1) is 14.4. The van der Waals surface area contributed by atoms with E-state index in [4.69, 9.17) is 4.74 Å².